The minimum atomic E-state index is -4.00. The number of carbonyl (C=O) groups is 1. The van der Waals surface area contributed by atoms with Gasteiger partial charge in [-0.1, -0.05) is 20.8 Å². The van der Waals surface area contributed by atoms with Crippen molar-refractivity contribution in [2.24, 2.45) is 11.1 Å². The molecule has 0 saturated heterocycles. The van der Waals surface area contributed by atoms with Crippen molar-refractivity contribution in [1.29, 1.82) is 0 Å². The Hall–Kier alpha value is -0.810. The van der Waals surface area contributed by atoms with Crippen LogP contribution in [0.2, 0.25) is 0 Å². The molecule has 0 unspecified atom stereocenters. The van der Waals surface area contributed by atoms with E-state index in [2.05, 4.69) is 5.32 Å². The number of alkyl halides is 2. The molecule has 0 aliphatic carbocycles. The third-order valence-corrected chi connectivity index (χ3v) is 6.10. The van der Waals surface area contributed by atoms with E-state index in [1.807, 2.05) is 4.72 Å². The molecule has 11 heteroatoms. The highest BCUT2D eigenvalue weighted by atomic mass is 35.5. The van der Waals surface area contributed by atoms with Gasteiger partial charge in [-0.05, 0) is 18.6 Å². The third-order valence-electron chi connectivity index (χ3n) is 3.06. The standard InChI is InChI=1S/C14H23F2N3O3S2.ClH/c1-13(2,3)12(20)18-7-6-10-4-5-11(23-10)24(21,22)19-9-14(15,16)8-17;/h4-5,19H,6-9,17H2,1-3H3,(H,18,20);1H. The monoisotopic (exact) mass is 419 g/mol. The van der Waals surface area contributed by atoms with Gasteiger partial charge in [-0.15, -0.1) is 23.7 Å². The molecule has 0 aromatic carbocycles. The number of rotatable bonds is 8. The van der Waals surface area contributed by atoms with E-state index in [1.54, 1.807) is 26.8 Å². The summed E-state index contributed by atoms with van der Waals surface area (Å²) in [5, 5.41) is 2.76. The first kappa shape index (κ1) is 24.2. The number of nitrogens with two attached hydrogens (primary N) is 1. The van der Waals surface area contributed by atoms with Gasteiger partial charge in [0.05, 0.1) is 13.1 Å². The van der Waals surface area contributed by atoms with Crippen molar-refractivity contribution in [3.8, 4) is 0 Å². The summed E-state index contributed by atoms with van der Waals surface area (Å²) in [5.41, 5.74) is 4.37. The molecular formula is C14H24ClF2N3O3S2. The van der Waals surface area contributed by atoms with Crippen LogP contribution < -0.4 is 15.8 Å². The van der Waals surface area contributed by atoms with Crippen LogP contribution in [-0.2, 0) is 21.2 Å². The normalized spacial score (nSPS) is 12.6. The van der Waals surface area contributed by atoms with Crippen molar-refractivity contribution in [2.45, 2.75) is 37.3 Å². The molecule has 0 aliphatic rings. The predicted octanol–water partition coefficient (Wildman–Crippen LogP) is 1.75. The van der Waals surface area contributed by atoms with Crippen LogP contribution in [0.3, 0.4) is 0 Å². The van der Waals surface area contributed by atoms with Crippen LogP contribution in [0.25, 0.3) is 0 Å². The van der Waals surface area contributed by atoms with Gasteiger partial charge in [-0.25, -0.2) is 21.9 Å². The largest absolute Gasteiger partial charge is 0.355 e. The molecule has 1 aromatic rings. The summed E-state index contributed by atoms with van der Waals surface area (Å²) >= 11 is 0.979. The highest BCUT2D eigenvalue weighted by Gasteiger charge is 2.30. The average Bonchev–Trinajstić information content (AvgIpc) is 2.94. The van der Waals surface area contributed by atoms with Crippen molar-refractivity contribution in [2.75, 3.05) is 19.6 Å². The summed E-state index contributed by atoms with van der Waals surface area (Å²) in [7, 11) is -4.00. The van der Waals surface area contributed by atoms with Crippen molar-refractivity contribution < 1.29 is 22.0 Å². The molecule has 1 rings (SSSR count). The minimum Gasteiger partial charge on any atom is -0.355 e. The zero-order valence-electron chi connectivity index (χ0n) is 14.3. The average molecular weight is 420 g/mol. The van der Waals surface area contributed by atoms with Crippen molar-refractivity contribution in [3.63, 3.8) is 0 Å². The topological polar surface area (TPSA) is 101 Å². The van der Waals surface area contributed by atoms with Crippen LogP contribution in [-0.4, -0.2) is 39.9 Å². The molecule has 0 fully saturated rings. The number of halogens is 3. The van der Waals surface area contributed by atoms with E-state index in [1.165, 1.54) is 6.07 Å². The van der Waals surface area contributed by atoms with E-state index in [-0.39, 0.29) is 22.5 Å². The molecular weight excluding hydrogens is 396 g/mol. The van der Waals surface area contributed by atoms with E-state index in [4.69, 9.17) is 5.73 Å². The van der Waals surface area contributed by atoms with Crippen LogP contribution >= 0.6 is 23.7 Å². The lowest BCUT2D eigenvalue weighted by molar-refractivity contribution is -0.128. The number of sulfonamides is 1. The van der Waals surface area contributed by atoms with Crippen molar-refractivity contribution >= 4 is 39.7 Å². The maximum Gasteiger partial charge on any atom is 0.273 e. The van der Waals surface area contributed by atoms with E-state index in [0.29, 0.717) is 13.0 Å². The second-order valence-corrected chi connectivity index (χ2v) is 9.52. The molecule has 0 saturated carbocycles. The highest BCUT2D eigenvalue weighted by Crippen LogP contribution is 2.22. The van der Waals surface area contributed by atoms with Gasteiger partial charge in [0.2, 0.25) is 15.9 Å². The van der Waals surface area contributed by atoms with Gasteiger partial charge < -0.3 is 11.1 Å². The van der Waals surface area contributed by atoms with Gasteiger partial charge in [0, 0.05) is 16.8 Å². The highest BCUT2D eigenvalue weighted by molar-refractivity contribution is 7.91. The number of nitrogens with one attached hydrogen (secondary N) is 2. The Morgan fingerprint density at radius 1 is 1.28 bits per heavy atom. The Kier molecular flexibility index (Phi) is 8.92. The lowest BCUT2D eigenvalue weighted by Gasteiger charge is -2.17. The first-order valence-electron chi connectivity index (χ1n) is 7.32. The molecule has 25 heavy (non-hydrogen) atoms. The lowest BCUT2D eigenvalue weighted by atomic mass is 9.96. The molecule has 0 radical (unpaired) electrons. The lowest BCUT2D eigenvalue weighted by Crippen LogP contribution is -2.41. The molecule has 1 heterocycles. The summed E-state index contributed by atoms with van der Waals surface area (Å²) in [6.07, 6.45) is 0.459. The van der Waals surface area contributed by atoms with Crippen LogP contribution in [0.15, 0.2) is 16.3 Å². The molecule has 1 amide bonds. The van der Waals surface area contributed by atoms with Gasteiger partial charge >= 0.3 is 0 Å². The van der Waals surface area contributed by atoms with E-state index in [9.17, 15) is 22.0 Å². The Morgan fingerprint density at radius 3 is 2.40 bits per heavy atom. The van der Waals surface area contributed by atoms with Gasteiger partial charge in [0.15, 0.2) is 0 Å². The molecule has 0 bridgehead atoms. The Bertz CT molecular complexity index is 673. The number of hydrogen-bond donors (Lipinski definition) is 3. The Morgan fingerprint density at radius 2 is 1.88 bits per heavy atom. The van der Waals surface area contributed by atoms with Crippen molar-refractivity contribution in [1.82, 2.24) is 10.0 Å². The van der Waals surface area contributed by atoms with E-state index >= 15 is 0 Å². The first-order chi connectivity index (χ1) is 10.9. The Balaban J connectivity index is 0.00000576. The molecule has 4 N–H and O–H groups in total. The maximum absolute atomic E-state index is 13.1. The fraction of sp³-hybridized carbons (Fsp3) is 0.643. The van der Waals surface area contributed by atoms with Crippen LogP contribution in [0.4, 0.5) is 8.78 Å². The van der Waals surface area contributed by atoms with Crippen LogP contribution in [0.5, 0.6) is 0 Å². The fourth-order valence-corrected chi connectivity index (χ4v) is 4.01. The molecule has 0 spiro atoms. The summed E-state index contributed by atoms with van der Waals surface area (Å²) in [6.45, 7) is 3.77. The molecule has 146 valence electrons. The third kappa shape index (κ3) is 7.95. The first-order valence-corrected chi connectivity index (χ1v) is 9.62. The quantitative estimate of drug-likeness (QED) is 0.597. The number of amides is 1. The van der Waals surface area contributed by atoms with E-state index < -0.39 is 34.5 Å². The second-order valence-electron chi connectivity index (χ2n) is 6.36. The van der Waals surface area contributed by atoms with Gasteiger partial charge in [0.1, 0.15) is 4.21 Å². The van der Waals surface area contributed by atoms with Gasteiger partial charge in [0.25, 0.3) is 5.92 Å². The number of carbonyl (C=O) groups excluding carboxylic acids is 1. The molecule has 0 atom stereocenters. The van der Waals surface area contributed by atoms with Crippen LogP contribution in [0.1, 0.15) is 25.6 Å². The summed E-state index contributed by atoms with van der Waals surface area (Å²) in [6, 6.07) is 2.96. The smallest absolute Gasteiger partial charge is 0.273 e. The fourth-order valence-electron chi connectivity index (χ4n) is 1.55. The summed E-state index contributed by atoms with van der Waals surface area (Å²) < 4.78 is 51.9. The zero-order chi connectivity index (χ0) is 18.6. The number of thiophene rings is 1. The zero-order valence-corrected chi connectivity index (χ0v) is 16.7. The van der Waals surface area contributed by atoms with Gasteiger partial charge in [-0.2, -0.15) is 0 Å². The summed E-state index contributed by atoms with van der Waals surface area (Å²) in [4.78, 5) is 12.5. The van der Waals surface area contributed by atoms with E-state index in [0.717, 1.165) is 16.2 Å². The molecule has 1 aromatic heterocycles. The second kappa shape index (κ2) is 9.22. The SMILES string of the molecule is CC(C)(C)C(=O)NCCc1ccc(S(=O)(=O)NCC(F)(F)CN)s1.Cl. The maximum atomic E-state index is 13.1. The molecule has 0 aliphatic heterocycles. The minimum absolute atomic E-state index is 0. The van der Waals surface area contributed by atoms with Gasteiger partial charge in [-0.3, -0.25) is 4.79 Å². The van der Waals surface area contributed by atoms with Crippen molar-refractivity contribution in [3.05, 3.63) is 17.0 Å². The number of hydrogen-bond acceptors (Lipinski definition) is 5. The Labute approximate surface area is 157 Å². The summed E-state index contributed by atoms with van der Waals surface area (Å²) in [5.74, 6) is -3.39. The predicted molar refractivity (Wildman–Crippen MR) is 96.9 cm³/mol. The van der Waals surface area contributed by atoms with Crippen LogP contribution in [0, 0.1) is 5.41 Å². The molecule has 6 nitrogen and oxygen atoms in total.